The SMILES string of the molecule is O=C(O)c1cc(O)cc2ccc(Br)cc12. The van der Waals surface area contributed by atoms with Crippen LogP contribution in [0.1, 0.15) is 10.4 Å². The minimum absolute atomic E-state index is 0.0396. The maximum atomic E-state index is 11.0. The van der Waals surface area contributed by atoms with Gasteiger partial charge in [0.05, 0.1) is 5.56 Å². The number of hydrogen-bond acceptors (Lipinski definition) is 2. The zero-order valence-corrected chi connectivity index (χ0v) is 9.15. The third kappa shape index (κ3) is 1.80. The fourth-order valence-electron chi connectivity index (χ4n) is 1.49. The Morgan fingerprint density at radius 3 is 2.60 bits per heavy atom. The van der Waals surface area contributed by atoms with Crippen LogP contribution in [0.3, 0.4) is 0 Å². The quantitative estimate of drug-likeness (QED) is 0.834. The number of benzene rings is 2. The van der Waals surface area contributed by atoms with Gasteiger partial charge in [0.25, 0.3) is 0 Å². The lowest BCUT2D eigenvalue weighted by Crippen LogP contribution is -1.97. The molecule has 15 heavy (non-hydrogen) atoms. The molecule has 2 N–H and O–H groups in total. The van der Waals surface area contributed by atoms with Gasteiger partial charge in [0.2, 0.25) is 0 Å². The van der Waals surface area contributed by atoms with Gasteiger partial charge in [-0.05, 0) is 35.0 Å². The van der Waals surface area contributed by atoms with Gasteiger partial charge in [-0.1, -0.05) is 22.0 Å². The molecule has 0 saturated heterocycles. The van der Waals surface area contributed by atoms with E-state index in [0.29, 0.717) is 10.8 Å². The number of phenolic OH excluding ortho intramolecular Hbond substituents is 1. The van der Waals surface area contributed by atoms with E-state index in [2.05, 4.69) is 15.9 Å². The zero-order valence-electron chi connectivity index (χ0n) is 7.57. The Morgan fingerprint density at radius 1 is 1.20 bits per heavy atom. The van der Waals surface area contributed by atoms with E-state index in [1.807, 2.05) is 0 Å². The first-order chi connectivity index (χ1) is 7.08. The van der Waals surface area contributed by atoms with Crippen molar-refractivity contribution in [3.63, 3.8) is 0 Å². The molecule has 0 radical (unpaired) electrons. The van der Waals surface area contributed by atoms with E-state index < -0.39 is 5.97 Å². The number of aromatic carboxylic acids is 1. The lowest BCUT2D eigenvalue weighted by molar-refractivity contribution is 0.0698. The van der Waals surface area contributed by atoms with Crippen LogP contribution in [-0.4, -0.2) is 16.2 Å². The van der Waals surface area contributed by atoms with Crippen LogP contribution in [0, 0.1) is 0 Å². The molecular weight excluding hydrogens is 260 g/mol. The molecule has 0 atom stereocenters. The molecule has 2 aromatic rings. The van der Waals surface area contributed by atoms with Crippen molar-refractivity contribution < 1.29 is 15.0 Å². The lowest BCUT2D eigenvalue weighted by atomic mass is 10.0. The van der Waals surface area contributed by atoms with E-state index in [1.54, 1.807) is 18.2 Å². The van der Waals surface area contributed by atoms with Crippen molar-refractivity contribution in [1.29, 1.82) is 0 Å². The second-order valence-corrected chi connectivity index (χ2v) is 4.08. The van der Waals surface area contributed by atoms with Gasteiger partial charge in [-0.25, -0.2) is 4.79 Å². The van der Waals surface area contributed by atoms with Crippen LogP contribution in [0.2, 0.25) is 0 Å². The predicted molar refractivity (Wildman–Crippen MR) is 60.3 cm³/mol. The molecule has 0 bridgehead atoms. The molecule has 0 aromatic heterocycles. The Balaban J connectivity index is 2.87. The van der Waals surface area contributed by atoms with Gasteiger partial charge >= 0.3 is 5.97 Å². The summed E-state index contributed by atoms with van der Waals surface area (Å²) in [5.74, 6) is -1.09. The van der Waals surface area contributed by atoms with Gasteiger partial charge in [-0.2, -0.15) is 0 Å². The standard InChI is InChI=1S/C11H7BrO3/c12-7-2-1-6-3-8(13)5-10(11(14)15)9(6)4-7/h1-5,13H,(H,14,15). The highest BCUT2D eigenvalue weighted by molar-refractivity contribution is 9.10. The summed E-state index contributed by atoms with van der Waals surface area (Å²) in [6.07, 6.45) is 0. The molecule has 2 rings (SSSR count). The van der Waals surface area contributed by atoms with E-state index in [1.165, 1.54) is 12.1 Å². The predicted octanol–water partition coefficient (Wildman–Crippen LogP) is 3.01. The summed E-state index contributed by atoms with van der Waals surface area (Å²) in [5, 5.41) is 19.6. The molecule has 0 amide bonds. The number of phenols is 1. The van der Waals surface area contributed by atoms with E-state index in [0.717, 1.165) is 4.47 Å². The molecule has 0 saturated carbocycles. The van der Waals surface area contributed by atoms with Gasteiger partial charge in [-0.15, -0.1) is 0 Å². The molecule has 2 aromatic carbocycles. The number of aromatic hydroxyl groups is 1. The van der Waals surface area contributed by atoms with Crippen molar-refractivity contribution in [1.82, 2.24) is 0 Å². The van der Waals surface area contributed by atoms with Gasteiger partial charge in [-0.3, -0.25) is 0 Å². The smallest absolute Gasteiger partial charge is 0.336 e. The largest absolute Gasteiger partial charge is 0.508 e. The van der Waals surface area contributed by atoms with Crippen LogP contribution >= 0.6 is 15.9 Å². The van der Waals surface area contributed by atoms with Crippen LogP contribution in [-0.2, 0) is 0 Å². The first kappa shape index (κ1) is 9.98. The second-order valence-electron chi connectivity index (χ2n) is 3.16. The molecule has 0 heterocycles. The molecule has 0 aliphatic carbocycles. The Bertz CT molecular complexity index is 549. The number of carboxylic acids is 1. The molecular formula is C11H7BrO3. The normalized spacial score (nSPS) is 10.5. The third-order valence-corrected chi connectivity index (χ3v) is 2.62. The molecule has 0 aliphatic rings. The maximum absolute atomic E-state index is 11.0. The number of hydrogen-bond donors (Lipinski definition) is 2. The Kier molecular flexibility index (Phi) is 2.36. The highest BCUT2D eigenvalue weighted by atomic mass is 79.9. The summed E-state index contributed by atoms with van der Waals surface area (Å²) in [5.41, 5.74) is 0.103. The van der Waals surface area contributed by atoms with Crippen LogP contribution < -0.4 is 0 Å². The van der Waals surface area contributed by atoms with Crippen molar-refractivity contribution in [2.75, 3.05) is 0 Å². The van der Waals surface area contributed by atoms with Gasteiger partial charge in [0.15, 0.2) is 0 Å². The Labute approximate surface area is 94.1 Å². The first-order valence-corrected chi connectivity index (χ1v) is 5.03. The Morgan fingerprint density at radius 2 is 1.93 bits per heavy atom. The van der Waals surface area contributed by atoms with Gasteiger partial charge in [0.1, 0.15) is 5.75 Å². The van der Waals surface area contributed by atoms with Crippen LogP contribution in [0.25, 0.3) is 10.8 Å². The fraction of sp³-hybridized carbons (Fsp3) is 0. The molecule has 4 heteroatoms. The molecule has 0 spiro atoms. The van der Waals surface area contributed by atoms with Crippen molar-refractivity contribution in [3.05, 3.63) is 40.4 Å². The highest BCUT2D eigenvalue weighted by Gasteiger charge is 2.10. The topological polar surface area (TPSA) is 57.5 Å². The fourth-order valence-corrected chi connectivity index (χ4v) is 1.85. The molecule has 0 fully saturated rings. The monoisotopic (exact) mass is 266 g/mol. The number of carboxylic acid groups (broad SMARTS) is 1. The minimum atomic E-state index is -1.05. The third-order valence-electron chi connectivity index (χ3n) is 2.13. The van der Waals surface area contributed by atoms with Crippen molar-refractivity contribution >= 4 is 32.7 Å². The van der Waals surface area contributed by atoms with Gasteiger partial charge in [0, 0.05) is 4.47 Å². The van der Waals surface area contributed by atoms with Crippen molar-refractivity contribution in [2.24, 2.45) is 0 Å². The second kappa shape index (κ2) is 3.55. The van der Waals surface area contributed by atoms with Crippen LogP contribution in [0.5, 0.6) is 5.75 Å². The van der Waals surface area contributed by atoms with E-state index in [9.17, 15) is 9.90 Å². The van der Waals surface area contributed by atoms with Crippen LogP contribution in [0.4, 0.5) is 0 Å². The van der Waals surface area contributed by atoms with E-state index in [4.69, 9.17) is 5.11 Å². The summed E-state index contributed by atoms with van der Waals surface area (Å²) in [6.45, 7) is 0. The van der Waals surface area contributed by atoms with Crippen molar-refractivity contribution in [2.45, 2.75) is 0 Å². The summed E-state index contributed by atoms with van der Waals surface area (Å²) in [4.78, 5) is 11.0. The Hall–Kier alpha value is -1.55. The maximum Gasteiger partial charge on any atom is 0.336 e. The minimum Gasteiger partial charge on any atom is -0.508 e. The van der Waals surface area contributed by atoms with E-state index >= 15 is 0 Å². The number of fused-ring (bicyclic) bond motifs is 1. The van der Waals surface area contributed by atoms with Gasteiger partial charge < -0.3 is 10.2 Å². The summed E-state index contributed by atoms with van der Waals surface area (Å²) < 4.78 is 0.809. The highest BCUT2D eigenvalue weighted by Crippen LogP contribution is 2.27. The average molecular weight is 267 g/mol. The number of rotatable bonds is 1. The number of halogens is 1. The lowest BCUT2D eigenvalue weighted by Gasteiger charge is -2.04. The first-order valence-electron chi connectivity index (χ1n) is 4.23. The molecule has 3 nitrogen and oxygen atoms in total. The summed E-state index contributed by atoms with van der Waals surface area (Å²) in [6, 6.07) is 8.06. The molecule has 0 unspecified atom stereocenters. The summed E-state index contributed by atoms with van der Waals surface area (Å²) in [7, 11) is 0. The summed E-state index contributed by atoms with van der Waals surface area (Å²) >= 11 is 3.28. The number of carbonyl (C=O) groups is 1. The zero-order chi connectivity index (χ0) is 11.0. The average Bonchev–Trinajstić information content (AvgIpc) is 2.17. The van der Waals surface area contributed by atoms with Crippen LogP contribution in [0.15, 0.2) is 34.8 Å². The van der Waals surface area contributed by atoms with E-state index in [-0.39, 0.29) is 11.3 Å². The molecule has 76 valence electrons. The molecule has 0 aliphatic heterocycles. The van der Waals surface area contributed by atoms with Crippen molar-refractivity contribution in [3.8, 4) is 5.75 Å².